The van der Waals surface area contributed by atoms with Crippen LogP contribution in [0.5, 0.6) is 0 Å². The minimum Gasteiger partial charge on any atom is -0.0654 e. The summed E-state index contributed by atoms with van der Waals surface area (Å²) in [6, 6.07) is 12.3. The molecular formula is C22H37. The highest BCUT2D eigenvalue weighted by Crippen LogP contribution is 2.40. The van der Waals surface area contributed by atoms with Gasteiger partial charge in [0.1, 0.15) is 0 Å². The lowest BCUT2D eigenvalue weighted by atomic mass is 9.69. The van der Waals surface area contributed by atoms with Gasteiger partial charge >= 0.3 is 0 Å². The number of unbranched alkanes of at least 4 members (excludes halogenated alkanes) is 6. The predicted molar refractivity (Wildman–Crippen MR) is 99.4 cm³/mol. The molecule has 0 aromatic heterocycles. The standard InChI is InChI=1S/C22H37/c1-4-7-10-11-15-20-22(18-8-5-2,19-9-6-3)21-16-13-12-14-17-21/h12-14,16H,4-11,15,18-20H2,1-3H3. The van der Waals surface area contributed by atoms with Gasteiger partial charge in [-0.3, -0.25) is 0 Å². The van der Waals surface area contributed by atoms with E-state index in [-0.39, 0.29) is 0 Å². The van der Waals surface area contributed by atoms with Crippen molar-refractivity contribution >= 4 is 0 Å². The summed E-state index contributed by atoms with van der Waals surface area (Å²) in [6.45, 7) is 6.94. The summed E-state index contributed by atoms with van der Waals surface area (Å²) >= 11 is 0. The minimum atomic E-state index is 0.388. The molecule has 0 amide bonds. The van der Waals surface area contributed by atoms with Gasteiger partial charge in [-0.25, -0.2) is 0 Å². The van der Waals surface area contributed by atoms with Crippen molar-refractivity contribution in [1.82, 2.24) is 0 Å². The van der Waals surface area contributed by atoms with E-state index >= 15 is 0 Å². The first-order valence-corrected chi connectivity index (χ1v) is 9.76. The van der Waals surface area contributed by atoms with E-state index in [1.165, 1.54) is 82.6 Å². The van der Waals surface area contributed by atoms with Gasteiger partial charge in [-0.05, 0) is 36.3 Å². The highest BCUT2D eigenvalue weighted by atomic mass is 14.3. The molecule has 0 aliphatic heterocycles. The number of hydrogen-bond donors (Lipinski definition) is 0. The van der Waals surface area contributed by atoms with E-state index in [1.807, 2.05) is 0 Å². The zero-order valence-corrected chi connectivity index (χ0v) is 15.3. The van der Waals surface area contributed by atoms with Gasteiger partial charge in [-0.2, -0.15) is 0 Å². The molecule has 1 aromatic carbocycles. The van der Waals surface area contributed by atoms with Gasteiger partial charge in [-0.1, -0.05) is 103 Å². The van der Waals surface area contributed by atoms with Crippen LogP contribution in [0.2, 0.25) is 0 Å². The molecular weight excluding hydrogens is 264 g/mol. The summed E-state index contributed by atoms with van der Waals surface area (Å²) in [5, 5.41) is 0. The van der Waals surface area contributed by atoms with Crippen molar-refractivity contribution in [2.24, 2.45) is 0 Å². The average Bonchev–Trinajstić information content (AvgIpc) is 2.57. The molecule has 0 heterocycles. The molecule has 0 fully saturated rings. The van der Waals surface area contributed by atoms with Crippen LogP contribution in [-0.4, -0.2) is 0 Å². The minimum absolute atomic E-state index is 0.388. The van der Waals surface area contributed by atoms with E-state index < -0.39 is 0 Å². The normalized spacial score (nSPS) is 11.8. The molecule has 0 N–H and O–H groups in total. The van der Waals surface area contributed by atoms with Crippen molar-refractivity contribution < 1.29 is 0 Å². The molecule has 1 aromatic rings. The lowest BCUT2D eigenvalue weighted by Gasteiger charge is -2.35. The zero-order chi connectivity index (χ0) is 16.1. The molecule has 0 saturated carbocycles. The van der Waals surface area contributed by atoms with Crippen LogP contribution in [-0.2, 0) is 5.41 Å². The van der Waals surface area contributed by atoms with Crippen molar-refractivity contribution in [1.29, 1.82) is 0 Å². The first-order valence-electron chi connectivity index (χ1n) is 9.76. The van der Waals surface area contributed by atoms with Crippen LogP contribution in [0.25, 0.3) is 0 Å². The van der Waals surface area contributed by atoms with E-state index in [2.05, 4.69) is 51.1 Å². The predicted octanol–water partition coefficient (Wildman–Crippen LogP) is 7.47. The Morgan fingerprint density at radius 3 is 1.86 bits per heavy atom. The van der Waals surface area contributed by atoms with Gasteiger partial charge in [0.25, 0.3) is 0 Å². The second-order valence-electron chi connectivity index (χ2n) is 6.93. The highest BCUT2D eigenvalue weighted by molar-refractivity contribution is 5.24. The fourth-order valence-electron chi connectivity index (χ4n) is 3.60. The Bertz CT molecular complexity index is 344. The molecule has 0 heteroatoms. The molecule has 1 rings (SSSR count). The van der Waals surface area contributed by atoms with Gasteiger partial charge in [0.05, 0.1) is 0 Å². The van der Waals surface area contributed by atoms with Gasteiger partial charge < -0.3 is 0 Å². The molecule has 0 bridgehead atoms. The molecule has 0 atom stereocenters. The fraction of sp³-hybridized carbons (Fsp3) is 0.727. The summed E-state index contributed by atoms with van der Waals surface area (Å²) in [4.78, 5) is 0. The molecule has 1 radical (unpaired) electrons. The first kappa shape index (κ1) is 19.3. The third kappa shape index (κ3) is 6.55. The second-order valence-corrected chi connectivity index (χ2v) is 6.93. The maximum absolute atomic E-state index is 3.58. The Kier molecular flexibility index (Phi) is 10.3. The van der Waals surface area contributed by atoms with Crippen LogP contribution in [0.15, 0.2) is 24.3 Å². The Balaban J connectivity index is 2.78. The lowest BCUT2D eigenvalue weighted by Crippen LogP contribution is -2.26. The van der Waals surface area contributed by atoms with Gasteiger partial charge in [0, 0.05) is 0 Å². The Labute approximate surface area is 139 Å². The third-order valence-corrected chi connectivity index (χ3v) is 5.06. The fourth-order valence-corrected chi connectivity index (χ4v) is 3.60. The quantitative estimate of drug-likeness (QED) is 0.331. The lowest BCUT2D eigenvalue weighted by molar-refractivity contribution is 0.305. The molecule has 0 saturated heterocycles. The zero-order valence-electron chi connectivity index (χ0n) is 15.3. The van der Waals surface area contributed by atoms with Crippen LogP contribution < -0.4 is 0 Å². The highest BCUT2D eigenvalue weighted by Gasteiger charge is 2.30. The molecule has 0 aliphatic carbocycles. The maximum atomic E-state index is 3.58. The monoisotopic (exact) mass is 301 g/mol. The van der Waals surface area contributed by atoms with Gasteiger partial charge in [0.2, 0.25) is 0 Å². The van der Waals surface area contributed by atoms with Crippen molar-refractivity contribution in [3.63, 3.8) is 0 Å². The Morgan fingerprint density at radius 2 is 1.32 bits per heavy atom. The summed E-state index contributed by atoms with van der Waals surface area (Å²) in [6.07, 6.45) is 16.3. The van der Waals surface area contributed by atoms with Crippen LogP contribution in [0, 0.1) is 6.07 Å². The summed E-state index contributed by atoms with van der Waals surface area (Å²) in [5.74, 6) is 0. The van der Waals surface area contributed by atoms with Crippen molar-refractivity contribution in [2.45, 2.75) is 103 Å². The summed E-state index contributed by atoms with van der Waals surface area (Å²) in [5.41, 5.74) is 1.87. The van der Waals surface area contributed by atoms with E-state index in [1.54, 1.807) is 0 Å². The third-order valence-electron chi connectivity index (χ3n) is 5.06. The number of hydrogen-bond acceptors (Lipinski definition) is 0. The summed E-state index contributed by atoms with van der Waals surface area (Å²) < 4.78 is 0. The van der Waals surface area contributed by atoms with Crippen molar-refractivity contribution in [3.8, 4) is 0 Å². The molecule has 0 unspecified atom stereocenters. The summed E-state index contributed by atoms with van der Waals surface area (Å²) in [7, 11) is 0. The van der Waals surface area contributed by atoms with E-state index in [0.29, 0.717) is 5.41 Å². The largest absolute Gasteiger partial charge is 0.0654 e. The first-order chi connectivity index (χ1) is 10.8. The van der Waals surface area contributed by atoms with Crippen molar-refractivity contribution in [2.75, 3.05) is 0 Å². The topological polar surface area (TPSA) is 0 Å². The molecule has 22 heavy (non-hydrogen) atoms. The van der Waals surface area contributed by atoms with Gasteiger partial charge in [0.15, 0.2) is 0 Å². The number of benzene rings is 1. The van der Waals surface area contributed by atoms with E-state index in [0.717, 1.165) is 0 Å². The SMILES string of the molecule is CCCCCCCC(CCCC)(CCCC)c1[c]cccc1. The smallest absolute Gasteiger partial charge is 0.00408 e. The molecule has 0 spiro atoms. The van der Waals surface area contributed by atoms with Crippen LogP contribution >= 0.6 is 0 Å². The van der Waals surface area contributed by atoms with Crippen LogP contribution in [0.4, 0.5) is 0 Å². The Hall–Kier alpha value is -0.780. The average molecular weight is 302 g/mol. The van der Waals surface area contributed by atoms with Crippen molar-refractivity contribution in [3.05, 3.63) is 35.9 Å². The van der Waals surface area contributed by atoms with E-state index in [4.69, 9.17) is 0 Å². The van der Waals surface area contributed by atoms with Crippen LogP contribution in [0.3, 0.4) is 0 Å². The molecule has 0 nitrogen and oxygen atoms in total. The molecule has 0 aliphatic rings. The molecule has 125 valence electrons. The van der Waals surface area contributed by atoms with Crippen LogP contribution in [0.1, 0.15) is 103 Å². The van der Waals surface area contributed by atoms with Gasteiger partial charge in [-0.15, -0.1) is 0 Å². The van der Waals surface area contributed by atoms with E-state index in [9.17, 15) is 0 Å². The Morgan fingerprint density at radius 1 is 0.727 bits per heavy atom. The second kappa shape index (κ2) is 11.7. The maximum Gasteiger partial charge on any atom is -0.00408 e. The number of rotatable bonds is 13.